The maximum atomic E-state index is 12.5. The van der Waals surface area contributed by atoms with Crippen molar-refractivity contribution in [3.05, 3.63) is 34.9 Å². The van der Waals surface area contributed by atoms with E-state index in [9.17, 15) is 9.36 Å². The van der Waals surface area contributed by atoms with Crippen LogP contribution in [0.15, 0.2) is 24.3 Å². The van der Waals surface area contributed by atoms with Crippen LogP contribution >= 0.6 is 19.9 Å². The predicted octanol–water partition coefficient (Wildman–Crippen LogP) is 1.95. The summed E-state index contributed by atoms with van der Waals surface area (Å²) in [6, 6.07) is 6.85. The van der Waals surface area contributed by atoms with Gasteiger partial charge < -0.3 is 10.6 Å². The van der Waals surface area contributed by atoms with E-state index < -0.39 is 25.7 Å². The normalized spacial score (nSPS) is 28.4. The maximum Gasteiger partial charge on any atom is 0.344 e. The SMILES string of the molecule is N[C@]1(c2ccccc2Cl)CCC[C@@H](OO[PH](=O)O)C1=O. The molecule has 1 aromatic rings. The average Bonchev–Trinajstić information content (AvgIpc) is 2.41. The zero-order chi connectivity index (χ0) is 14.8. The zero-order valence-electron chi connectivity index (χ0n) is 10.5. The number of rotatable bonds is 4. The van der Waals surface area contributed by atoms with Crippen LogP contribution in [0.4, 0.5) is 0 Å². The van der Waals surface area contributed by atoms with E-state index in [1.807, 2.05) is 0 Å². The molecule has 8 heteroatoms. The molecule has 0 saturated heterocycles. The Balaban J connectivity index is 2.25. The third-order valence-electron chi connectivity index (χ3n) is 3.36. The first-order chi connectivity index (χ1) is 9.45. The highest BCUT2D eigenvalue weighted by Gasteiger charge is 2.45. The van der Waals surface area contributed by atoms with Crippen molar-refractivity contribution in [3.8, 4) is 0 Å². The molecular formula is C12H15ClNO5P. The maximum absolute atomic E-state index is 12.5. The monoisotopic (exact) mass is 319 g/mol. The molecule has 110 valence electrons. The second kappa shape index (κ2) is 6.35. The number of halogens is 1. The Kier molecular flexibility index (Phi) is 4.96. The molecule has 2 rings (SSSR count). The first kappa shape index (κ1) is 15.6. The van der Waals surface area contributed by atoms with Gasteiger partial charge in [-0.2, -0.15) is 4.67 Å². The lowest BCUT2D eigenvalue weighted by molar-refractivity contribution is -0.246. The van der Waals surface area contributed by atoms with Crippen molar-refractivity contribution >= 4 is 25.6 Å². The Hall–Kier alpha value is -0.750. The topological polar surface area (TPSA) is 98.8 Å². The highest BCUT2D eigenvalue weighted by molar-refractivity contribution is 7.31. The van der Waals surface area contributed by atoms with Gasteiger partial charge in [0, 0.05) is 5.02 Å². The van der Waals surface area contributed by atoms with Crippen LogP contribution < -0.4 is 5.73 Å². The molecule has 1 unspecified atom stereocenters. The molecule has 1 fully saturated rings. The lowest BCUT2D eigenvalue weighted by Crippen LogP contribution is -2.53. The molecule has 3 atom stereocenters. The van der Waals surface area contributed by atoms with Gasteiger partial charge in [-0.15, -0.1) is 0 Å². The van der Waals surface area contributed by atoms with Crippen molar-refractivity contribution in [2.75, 3.05) is 0 Å². The number of hydrogen-bond donors (Lipinski definition) is 2. The van der Waals surface area contributed by atoms with E-state index in [1.54, 1.807) is 24.3 Å². The number of Topliss-reactive ketones (excluding diaryl/α,β-unsaturated/α-hetero) is 1. The van der Waals surface area contributed by atoms with Crippen LogP contribution in [-0.4, -0.2) is 16.8 Å². The Morgan fingerprint density at radius 2 is 2.15 bits per heavy atom. The van der Waals surface area contributed by atoms with Gasteiger partial charge in [-0.1, -0.05) is 29.8 Å². The highest BCUT2D eigenvalue weighted by atomic mass is 35.5. The average molecular weight is 320 g/mol. The van der Waals surface area contributed by atoms with Gasteiger partial charge in [-0.05, 0) is 30.9 Å². The molecule has 6 nitrogen and oxygen atoms in total. The fraction of sp³-hybridized carbons (Fsp3) is 0.417. The molecule has 1 aliphatic rings. The number of hydrogen-bond acceptors (Lipinski definition) is 5. The van der Waals surface area contributed by atoms with Gasteiger partial charge in [-0.25, -0.2) is 4.89 Å². The minimum atomic E-state index is -3.26. The third kappa shape index (κ3) is 3.11. The van der Waals surface area contributed by atoms with Crippen molar-refractivity contribution in [2.24, 2.45) is 5.73 Å². The lowest BCUT2D eigenvalue weighted by atomic mass is 9.75. The van der Waals surface area contributed by atoms with Gasteiger partial charge in [0.05, 0.1) is 0 Å². The van der Waals surface area contributed by atoms with E-state index in [2.05, 4.69) is 4.67 Å². The Morgan fingerprint density at radius 1 is 1.45 bits per heavy atom. The molecule has 0 spiro atoms. The molecule has 0 amide bonds. The molecule has 0 radical (unpaired) electrons. The molecule has 0 aliphatic heterocycles. The molecule has 1 aliphatic carbocycles. The number of carbonyl (C=O) groups excluding carboxylic acids is 1. The number of ketones is 1. The fourth-order valence-corrected chi connectivity index (χ4v) is 2.89. The van der Waals surface area contributed by atoms with Crippen LogP contribution in [-0.2, 0) is 24.5 Å². The summed E-state index contributed by atoms with van der Waals surface area (Å²) in [5.74, 6) is -0.403. The standard InChI is InChI=1S/C12H15ClNO5P/c13-9-5-2-1-4-8(9)12(14)7-3-6-10(11(12)15)18-19-20(16)17/h1-2,4-5,10,20H,3,6-7,14H2,(H,16,17)/t10-,12+/m1/s1. The van der Waals surface area contributed by atoms with Gasteiger partial charge in [0.25, 0.3) is 0 Å². The zero-order valence-corrected chi connectivity index (χ0v) is 12.3. The van der Waals surface area contributed by atoms with Crippen molar-refractivity contribution in [3.63, 3.8) is 0 Å². The summed E-state index contributed by atoms with van der Waals surface area (Å²) < 4.78 is 14.7. The van der Waals surface area contributed by atoms with E-state index in [-0.39, 0.29) is 0 Å². The van der Waals surface area contributed by atoms with Gasteiger partial charge >= 0.3 is 8.25 Å². The van der Waals surface area contributed by atoms with E-state index in [1.165, 1.54) is 0 Å². The van der Waals surface area contributed by atoms with Gasteiger partial charge in [0.15, 0.2) is 11.9 Å². The number of nitrogens with two attached hydrogens (primary N) is 1. The lowest BCUT2D eigenvalue weighted by Gasteiger charge is -2.36. The summed E-state index contributed by atoms with van der Waals surface area (Å²) in [5, 5.41) is 0.403. The Labute approximate surface area is 121 Å². The molecule has 0 aromatic heterocycles. The quantitative estimate of drug-likeness (QED) is 0.500. The van der Waals surface area contributed by atoms with Crippen LogP contribution in [0, 0.1) is 0 Å². The van der Waals surface area contributed by atoms with Crippen LogP contribution in [0.2, 0.25) is 5.02 Å². The molecular weight excluding hydrogens is 305 g/mol. The first-order valence-electron chi connectivity index (χ1n) is 6.09. The van der Waals surface area contributed by atoms with Crippen LogP contribution in [0.1, 0.15) is 24.8 Å². The van der Waals surface area contributed by atoms with E-state index >= 15 is 0 Å². The third-order valence-corrected chi connectivity index (χ3v) is 3.93. The first-order valence-corrected chi connectivity index (χ1v) is 7.74. The minimum absolute atomic E-state index is 0.386. The van der Waals surface area contributed by atoms with E-state index in [0.717, 1.165) is 0 Å². The second-order valence-electron chi connectivity index (χ2n) is 4.64. The van der Waals surface area contributed by atoms with Crippen molar-refractivity contribution in [1.82, 2.24) is 0 Å². The van der Waals surface area contributed by atoms with Crippen LogP contribution in [0.5, 0.6) is 0 Å². The van der Waals surface area contributed by atoms with E-state index in [0.29, 0.717) is 29.8 Å². The van der Waals surface area contributed by atoms with Gasteiger partial charge in [-0.3, -0.25) is 9.36 Å². The van der Waals surface area contributed by atoms with Gasteiger partial charge in [0.1, 0.15) is 5.54 Å². The second-order valence-corrected chi connectivity index (χ2v) is 5.75. The number of benzene rings is 1. The summed E-state index contributed by atoms with van der Waals surface area (Å²) in [4.78, 5) is 25.8. The largest absolute Gasteiger partial charge is 0.344 e. The smallest absolute Gasteiger partial charge is 0.325 e. The van der Waals surface area contributed by atoms with Crippen molar-refractivity contribution < 1.29 is 23.8 Å². The molecule has 1 saturated carbocycles. The summed E-state index contributed by atoms with van der Waals surface area (Å²) in [6.07, 6.45) is 0.473. The van der Waals surface area contributed by atoms with Crippen molar-refractivity contribution in [2.45, 2.75) is 30.9 Å². The Morgan fingerprint density at radius 3 is 2.80 bits per heavy atom. The fourth-order valence-electron chi connectivity index (χ4n) is 2.39. The summed E-state index contributed by atoms with van der Waals surface area (Å²) in [7, 11) is -3.26. The van der Waals surface area contributed by atoms with Crippen molar-refractivity contribution in [1.29, 1.82) is 0 Å². The van der Waals surface area contributed by atoms with Crippen LogP contribution in [0.25, 0.3) is 0 Å². The van der Waals surface area contributed by atoms with E-state index in [4.69, 9.17) is 27.1 Å². The van der Waals surface area contributed by atoms with Crippen LogP contribution in [0.3, 0.4) is 0 Å². The number of carbonyl (C=O) groups is 1. The summed E-state index contributed by atoms with van der Waals surface area (Å²) in [6.45, 7) is 0. The highest BCUT2D eigenvalue weighted by Crippen LogP contribution is 2.37. The summed E-state index contributed by atoms with van der Waals surface area (Å²) in [5.41, 5.74) is 5.48. The molecule has 1 aromatic carbocycles. The Bertz CT molecular complexity index is 540. The molecule has 0 bridgehead atoms. The van der Waals surface area contributed by atoms with Gasteiger partial charge in [0.2, 0.25) is 0 Å². The summed E-state index contributed by atoms with van der Waals surface area (Å²) >= 11 is 6.10. The molecule has 20 heavy (non-hydrogen) atoms. The molecule has 0 heterocycles. The predicted molar refractivity (Wildman–Crippen MR) is 73.4 cm³/mol. The minimum Gasteiger partial charge on any atom is -0.325 e. The molecule has 3 N–H and O–H groups in total.